The number of oxime groups is 2. The van der Waals surface area contributed by atoms with Gasteiger partial charge in [-0.1, -0.05) is 71.0 Å². The van der Waals surface area contributed by atoms with Crippen molar-refractivity contribution in [2.75, 3.05) is 12.5 Å². The first-order chi connectivity index (χ1) is 12.2. The van der Waals surface area contributed by atoms with E-state index in [4.69, 9.17) is 0 Å². The third-order valence-electron chi connectivity index (χ3n) is 2.85. The van der Waals surface area contributed by atoms with E-state index in [0.717, 1.165) is 12.5 Å². The summed E-state index contributed by atoms with van der Waals surface area (Å²) in [6, 6.07) is 16.9. The van der Waals surface area contributed by atoms with Crippen LogP contribution >= 0.6 is 0 Å². The highest BCUT2D eigenvalue weighted by Crippen LogP contribution is 2.12. The monoisotopic (exact) mass is 396 g/mol. The van der Waals surface area contributed by atoms with Crippen LogP contribution in [0.2, 0.25) is 0 Å². The first-order valence-electron chi connectivity index (χ1n) is 7.20. The van der Waals surface area contributed by atoms with Gasteiger partial charge in [0.25, 0.3) is 0 Å². The number of benzene rings is 2. The molecular weight excluding hydrogens is 380 g/mol. The molecule has 0 aliphatic carbocycles. The highest BCUT2D eigenvalue weighted by atomic mass is 32.2. The summed E-state index contributed by atoms with van der Waals surface area (Å²) in [5.74, 6) is 0. The molecule has 8 nitrogen and oxygen atoms in total. The lowest BCUT2D eigenvalue weighted by Crippen LogP contribution is -2.19. The Morgan fingerprint density at radius 2 is 0.962 bits per heavy atom. The number of nitrogens with zero attached hydrogens (tertiary/aromatic N) is 2. The van der Waals surface area contributed by atoms with Crippen LogP contribution in [-0.4, -0.2) is 40.8 Å². The van der Waals surface area contributed by atoms with Crippen molar-refractivity contribution >= 4 is 31.7 Å². The lowest BCUT2D eigenvalue weighted by molar-refractivity contribution is 0.339. The van der Waals surface area contributed by atoms with Crippen LogP contribution in [0.5, 0.6) is 0 Å². The average Bonchev–Trinajstić information content (AvgIpc) is 2.57. The lowest BCUT2D eigenvalue weighted by Gasteiger charge is -2.09. The zero-order chi connectivity index (χ0) is 19.2. The molecule has 0 amide bonds. The second kappa shape index (κ2) is 8.11. The average molecular weight is 396 g/mol. The van der Waals surface area contributed by atoms with Crippen LogP contribution in [0.25, 0.3) is 0 Å². The van der Waals surface area contributed by atoms with E-state index in [9.17, 15) is 16.8 Å². The number of hydrogen-bond acceptors (Lipinski definition) is 8. The fourth-order valence-electron chi connectivity index (χ4n) is 1.87. The van der Waals surface area contributed by atoms with Crippen LogP contribution in [0.3, 0.4) is 0 Å². The Labute approximate surface area is 152 Å². The van der Waals surface area contributed by atoms with Gasteiger partial charge in [0.1, 0.15) is 11.4 Å². The van der Waals surface area contributed by atoms with Crippen LogP contribution < -0.4 is 0 Å². The van der Waals surface area contributed by atoms with Gasteiger partial charge in [-0.25, -0.2) is 0 Å². The number of rotatable bonds is 7. The van der Waals surface area contributed by atoms with Crippen molar-refractivity contribution in [3.05, 3.63) is 71.8 Å². The van der Waals surface area contributed by atoms with Crippen molar-refractivity contribution in [1.82, 2.24) is 0 Å². The van der Waals surface area contributed by atoms with Crippen LogP contribution in [0.4, 0.5) is 0 Å². The molecule has 0 saturated carbocycles. The number of hydrogen-bond donors (Lipinski definition) is 0. The highest BCUT2D eigenvalue weighted by molar-refractivity contribution is 7.86. The molecule has 0 N–H and O–H groups in total. The van der Waals surface area contributed by atoms with E-state index in [1.54, 1.807) is 60.7 Å². The quantitative estimate of drug-likeness (QED) is 0.521. The second-order valence-electron chi connectivity index (χ2n) is 5.17. The van der Waals surface area contributed by atoms with Crippen molar-refractivity contribution in [3.63, 3.8) is 0 Å². The molecular formula is C16H16N2O6S2. The highest BCUT2D eigenvalue weighted by Gasteiger charge is 2.18. The van der Waals surface area contributed by atoms with Gasteiger partial charge in [-0.2, -0.15) is 16.8 Å². The summed E-state index contributed by atoms with van der Waals surface area (Å²) < 4.78 is 54.5. The van der Waals surface area contributed by atoms with Gasteiger partial charge < -0.3 is 0 Å². The minimum atomic E-state index is -3.89. The molecule has 0 atom stereocenters. The molecule has 26 heavy (non-hydrogen) atoms. The van der Waals surface area contributed by atoms with Gasteiger partial charge in [0.15, 0.2) is 0 Å². The van der Waals surface area contributed by atoms with E-state index < -0.39 is 20.2 Å². The smallest absolute Gasteiger partial charge is 0.268 e. The predicted molar refractivity (Wildman–Crippen MR) is 97.8 cm³/mol. The van der Waals surface area contributed by atoms with E-state index >= 15 is 0 Å². The maximum absolute atomic E-state index is 11.3. The molecule has 2 aromatic rings. The molecule has 0 aliphatic heterocycles. The maximum atomic E-state index is 11.3. The molecule has 0 spiro atoms. The van der Waals surface area contributed by atoms with Crippen LogP contribution in [-0.2, 0) is 28.8 Å². The summed E-state index contributed by atoms with van der Waals surface area (Å²) in [6.45, 7) is 0. The van der Waals surface area contributed by atoms with Gasteiger partial charge in [0.2, 0.25) is 0 Å². The van der Waals surface area contributed by atoms with E-state index in [1.807, 2.05) is 0 Å². The van der Waals surface area contributed by atoms with Crippen LogP contribution in [0.1, 0.15) is 11.1 Å². The molecule has 0 heterocycles. The minimum Gasteiger partial charge on any atom is -0.268 e. The van der Waals surface area contributed by atoms with E-state index in [0.29, 0.717) is 11.1 Å². The molecule has 10 heteroatoms. The molecule has 0 bridgehead atoms. The zero-order valence-corrected chi connectivity index (χ0v) is 15.6. The summed E-state index contributed by atoms with van der Waals surface area (Å²) in [5.41, 5.74) is 0.892. The summed E-state index contributed by atoms with van der Waals surface area (Å²) in [5, 5.41) is 7.33. The normalized spacial score (nSPS) is 13.3. The minimum absolute atomic E-state index is 0.00845. The summed E-state index contributed by atoms with van der Waals surface area (Å²) in [6.07, 6.45) is 1.68. The van der Waals surface area contributed by atoms with Crippen LogP contribution in [0, 0.1) is 0 Å². The van der Waals surface area contributed by atoms with Gasteiger partial charge >= 0.3 is 20.2 Å². The Balaban J connectivity index is 2.65. The van der Waals surface area contributed by atoms with Crippen molar-refractivity contribution in [2.45, 2.75) is 0 Å². The first kappa shape index (κ1) is 19.6. The molecule has 2 rings (SSSR count). The maximum Gasteiger partial charge on any atom is 0.325 e. The van der Waals surface area contributed by atoms with Gasteiger partial charge in [0.05, 0.1) is 12.5 Å². The third kappa shape index (κ3) is 6.30. The molecule has 0 unspecified atom stereocenters. The van der Waals surface area contributed by atoms with Crippen molar-refractivity contribution in [1.29, 1.82) is 0 Å². The SMILES string of the molecule is CS(=O)(=O)O/N=C(/C(=N/OS(C)(=O)=O)c1ccccc1)c1ccccc1. The topological polar surface area (TPSA) is 111 Å². The fourth-order valence-corrected chi connectivity index (χ4v) is 2.29. The summed E-state index contributed by atoms with van der Waals surface area (Å²) >= 11 is 0. The van der Waals surface area contributed by atoms with Crippen LogP contribution in [0.15, 0.2) is 71.0 Å². The molecule has 0 radical (unpaired) electrons. The van der Waals surface area contributed by atoms with Gasteiger partial charge in [0, 0.05) is 11.1 Å². The molecule has 0 saturated heterocycles. The molecule has 0 aromatic heterocycles. The predicted octanol–water partition coefficient (Wildman–Crippen LogP) is 1.75. The van der Waals surface area contributed by atoms with Gasteiger partial charge in [-0.05, 0) is 0 Å². The fraction of sp³-hybridized carbons (Fsp3) is 0.125. The van der Waals surface area contributed by atoms with Crippen molar-refractivity contribution in [3.8, 4) is 0 Å². The largest absolute Gasteiger partial charge is 0.325 e. The standard InChI is InChI=1S/C16H16N2O6S2/c1-25(19,20)23-17-15(13-9-5-3-6-10-13)16(18-24-26(2,21)22)14-11-7-4-8-12-14/h3-12H,1-2H3/b17-15+,18-16+. The van der Waals surface area contributed by atoms with E-state index in [1.165, 1.54) is 0 Å². The van der Waals surface area contributed by atoms with E-state index in [2.05, 4.69) is 18.9 Å². The molecule has 0 aliphatic rings. The lowest BCUT2D eigenvalue weighted by atomic mass is 10.0. The van der Waals surface area contributed by atoms with Gasteiger partial charge in [-0.15, -0.1) is 0 Å². The Kier molecular flexibility index (Phi) is 6.11. The molecule has 0 fully saturated rings. The van der Waals surface area contributed by atoms with E-state index in [-0.39, 0.29) is 11.4 Å². The third-order valence-corrected chi connectivity index (χ3v) is 3.54. The Morgan fingerprint density at radius 3 is 1.23 bits per heavy atom. The van der Waals surface area contributed by atoms with Crippen molar-refractivity contribution in [2.24, 2.45) is 10.3 Å². The summed E-state index contributed by atoms with van der Waals surface area (Å²) in [4.78, 5) is 0. The Bertz CT molecular complexity index is 929. The zero-order valence-electron chi connectivity index (χ0n) is 13.9. The summed E-state index contributed by atoms with van der Waals surface area (Å²) in [7, 11) is -7.78. The Hall–Kier alpha value is -2.72. The first-order valence-corrected chi connectivity index (χ1v) is 10.8. The van der Waals surface area contributed by atoms with Gasteiger partial charge in [-0.3, -0.25) is 8.57 Å². The Morgan fingerprint density at radius 1 is 0.654 bits per heavy atom. The second-order valence-corrected chi connectivity index (χ2v) is 8.28. The molecule has 2 aromatic carbocycles. The van der Waals surface area contributed by atoms with Crippen molar-refractivity contribution < 1.29 is 25.4 Å². The molecule has 138 valence electrons.